The standard InChI is InChI=1S/C21H23N3O3/c1-23(2)18(15-8-4-3-5-9-15)14-22-19(25)12-13-24-20(26)16-10-6-7-11-17(16)21(24)27/h3-11,18H,12-14H2,1-2H3,(H,22,25)/t18-/m0/s1. The molecule has 6 nitrogen and oxygen atoms in total. The predicted octanol–water partition coefficient (Wildman–Crippen LogP) is 2.09. The fourth-order valence-electron chi connectivity index (χ4n) is 3.23. The maximum Gasteiger partial charge on any atom is 0.261 e. The molecule has 3 rings (SSSR count). The highest BCUT2D eigenvalue weighted by Gasteiger charge is 2.34. The summed E-state index contributed by atoms with van der Waals surface area (Å²) in [4.78, 5) is 40.1. The van der Waals surface area contributed by atoms with Crippen molar-refractivity contribution in [3.63, 3.8) is 0 Å². The molecule has 3 amide bonds. The molecule has 6 heteroatoms. The van der Waals surface area contributed by atoms with Crippen LogP contribution in [0, 0.1) is 0 Å². The summed E-state index contributed by atoms with van der Waals surface area (Å²) in [5.74, 6) is -0.855. The summed E-state index contributed by atoms with van der Waals surface area (Å²) in [5.41, 5.74) is 1.92. The van der Waals surface area contributed by atoms with Gasteiger partial charge < -0.3 is 10.2 Å². The molecular weight excluding hydrogens is 342 g/mol. The van der Waals surface area contributed by atoms with E-state index >= 15 is 0 Å². The number of fused-ring (bicyclic) bond motifs is 1. The number of rotatable bonds is 7. The van der Waals surface area contributed by atoms with E-state index in [1.54, 1.807) is 24.3 Å². The topological polar surface area (TPSA) is 69.7 Å². The zero-order chi connectivity index (χ0) is 19.4. The number of nitrogens with one attached hydrogen (secondary N) is 1. The Labute approximate surface area is 158 Å². The van der Waals surface area contributed by atoms with Gasteiger partial charge in [-0.15, -0.1) is 0 Å². The van der Waals surface area contributed by atoms with Gasteiger partial charge in [-0.05, 0) is 31.8 Å². The lowest BCUT2D eigenvalue weighted by Gasteiger charge is -2.25. The number of imide groups is 1. The molecule has 2 aromatic rings. The second-order valence-electron chi connectivity index (χ2n) is 6.75. The molecule has 1 N–H and O–H groups in total. The third kappa shape index (κ3) is 4.06. The smallest absolute Gasteiger partial charge is 0.261 e. The van der Waals surface area contributed by atoms with Crippen molar-refractivity contribution in [3.8, 4) is 0 Å². The van der Waals surface area contributed by atoms with Gasteiger partial charge in [-0.25, -0.2) is 0 Å². The molecule has 1 heterocycles. The Balaban J connectivity index is 1.54. The van der Waals surface area contributed by atoms with E-state index in [1.807, 2.05) is 49.3 Å². The van der Waals surface area contributed by atoms with Crippen molar-refractivity contribution in [1.82, 2.24) is 15.1 Å². The van der Waals surface area contributed by atoms with Crippen LogP contribution >= 0.6 is 0 Å². The monoisotopic (exact) mass is 365 g/mol. The third-order valence-electron chi connectivity index (χ3n) is 4.74. The van der Waals surface area contributed by atoms with Crippen LogP contribution in [0.4, 0.5) is 0 Å². The van der Waals surface area contributed by atoms with Gasteiger partial charge in [0, 0.05) is 19.5 Å². The first-order valence-electron chi connectivity index (χ1n) is 8.92. The quantitative estimate of drug-likeness (QED) is 0.763. The second kappa shape index (κ2) is 8.14. The first kappa shape index (κ1) is 18.8. The molecule has 140 valence electrons. The summed E-state index contributed by atoms with van der Waals surface area (Å²) in [5, 5.41) is 2.91. The maximum atomic E-state index is 12.3. The van der Waals surface area contributed by atoms with Crippen LogP contribution in [0.5, 0.6) is 0 Å². The second-order valence-corrected chi connectivity index (χ2v) is 6.75. The summed E-state index contributed by atoms with van der Waals surface area (Å²) in [7, 11) is 3.92. The average molecular weight is 365 g/mol. The van der Waals surface area contributed by atoms with E-state index in [2.05, 4.69) is 5.32 Å². The van der Waals surface area contributed by atoms with Gasteiger partial charge in [-0.2, -0.15) is 0 Å². The van der Waals surface area contributed by atoms with Crippen molar-refractivity contribution in [2.24, 2.45) is 0 Å². The lowest BCUT2D eigenvalue weighted by atomic mass is 10.1. The Bertz CT molecular complexity index is 814. The summed E-state index contributed by atoms with van der Waals surface area (Å²) in [6.07, 6.45) is 0.0837. The molecular formula is C21H23N3O3. The van der Waals surface area contributed by atoms with Crippen molar-refractivity contribution in [2.45, 2.75) is 12.5 Å². The Morgan fingerprint density at radius 3 is 2.07 bits per heavy atom. The highest BCUT2D eigenvalue weighted by atomic mass is 16.2. The van der Waals surface area contributed by atoms with Crippen molar-refractivity contribution in [1.29, 1.82) is 0 Å². The van der Waals surface area contributed by atoms with Gasteiger partial charge in [0.1, 0.15) is 0 Å². The summed E-state index contributed by atoms with van der Waals surface area (Å²) >= 11 is 0. The van der Waals surface area contributed by atoms with Crippen LogP contribution < -0.4 is 5.32 Å². The van der Waals surface area contributed by atoms with Crippen molar-refractivity contribution in [2.75, 3.05) is 27.2 Å². The van der Waals surface area contributed by atoms with E-state index < -0.39 is 0 Å². The van der Waals surface area contributed by atoms with Gasteiger partial charge in [0.25, 0.3) is 11.8 Å². The molecule has 27 heavy (non-hydrogen) atoms. The lowest BCUT2D eigenvalue weighted by Crippen LogP contribution is -2.37. The fraction of sp³-hybridized carbons (Fsp3) is 0.286. The van der Waals surface area contributed by atoms with Crippen molar-refractivity contribution in [3.05, 3.63) is 71.3 Å². The van der Waals surface area contributed by atoms with Gasteiger partial charge in [0.15, 0.2) is 0 Å². The van der Waals surface area contributed by atoms with E-state index in [1.165, 1.54) is 0 Å². The average Bonchev–Trinajstić information content (AvgIpc) is 2.91. The number of carbonyl (C=O) groups excluding carboxylic acids is 3. The Morgan fingerprint density at radius 1 is 0.963 bits per heavy atom. The molecule has 0 spiro atoms. The van der Waals surface area contributed by atoms with Crippen LogP contribution in [0.25, 0.3) is 0 Å². The molecule has 2 aromatic carbocycles. The molecule has 0 saturated carbocycles. The predicted molar refractivity (Wildman–Crippen MR) is 102 cm³/mol. The van der Waals surface area contributed by atoms with Crippen molar-refractivity contribution < 1.29 is 14.4 Å². The van der Waals surface area contributed by atoms with Crippen LogP contribution in [0.2, 0.25) is 0 Å². The van der Waals surface area contributed by atoms with Gasteiger partial charge in [-0.3, -0.25) is 19.3 Å². The minimum absolute atomic E-state index is 0.0504. The molecule has 1 atom stereocenters. The van der Waals surface area contributed by atoms with E-state index in [9.17, 15) is 14.4 Å². The van der Waals surface area contributed by atoms with Gasteiger partial charge in [0.05, 0.1) is 17.2 Å². The molecule has 0 aromatic heterocycles. The van der Waals surface area contributed by atoms with Gasteiger partial charge >= 0.3 is 0 Å². The largest absolute Gasteiger partial charge is 0.354 e. The number of carbonyl (C=O) groups is 3. The van der Waals surface area contributed by atoms with Crippen LogP contribution in [0.3, 0.4) is 0 Å². The molecule has 0 unspecified atom stereocenters. The molecule has 0 radical (unpaired) electrons. The highest BCUT2D eigenvalue weighted by molar-refractivity contribution is 6.21. The first-order valence-corrected chi connectivity index (χ1v) is 8.92. The molecule has 1 aliphatic rings. The number of amides is 3. The minimum atomic E-state index is -0.334. The van der Waals surface area contributed by atoms with E-state index in [0.717, 1.165) is 10.5 Å². The van der Waals surface area contributed by atoms with Gasteiger partial charge in [-0.1, -0.05) is 42.5 Å². The number of hydrogen-bond acceptors (Lipinski definition) is 4. The Hall–Kier alpha value is -2.99. The van der Waals surface area contributed by atoms with E-state index in [4.69, 9.17) is 0 Å². The number of benzene rings is 2. The van der Waals surface area contributed by atoms with E-state index in [0.29, 0.717) is 17.7 Å². The molecule has 1 aliphatic heterocycles. The van der Waals surface area contributed by atoms with Crippen LogP contribution in [0.1, 0.15) is 38.7 Å². The zero-order valence-electron chi connectivity index (χ0n) is 15.5. The normalized spacial score (nSPS) is 14.4. The van der Waals surface area contributed by atoms with E-state index in [-0.39, 0.29) is 36.7 Å². The summed E-state index contributed by atoms with van der Waals surface area (Å²) < 4.78 is 0. The number of likely N-dealkylation sites (N-methyl/N-ethyl adjacent to an activating group) is 1. The summed E-state index contributed by atoms with van der Waals surface area (Å²) in [6.45, 7) is 0.536. The molecule has 0 fully saturated rings. The first-order chi connectivity index (χ1) is 13.0. The summed E-state index contributed by atoms with van der Waals surface area (Å²) in [6, 6.07) is 16.7. The zero-order valence-corrected chi connectivity index (χ0v) is 15.5. The Kier molecular flexibility index (Phi) is 5.66. The number of hydrogen-bond donors (Lipinski definition) is 1. The van der Waals surface area contributed by atoms with Crippen molar-refractivity contribution >= 4 is 17.7 Å². The molecule has 0 bridgehead atoms. The third-order valence-corrected chi connectivity index (χ3v) is 4.74. The molecule has 0 aliphatic carbocycles. The van der Waals surface area contributed by atoms with Crippen LogP contribution in [-0.2, 0) is 4.79 Å². The van der Waals surface area contributed by atoms with Crippen LogP contribution in [-0.4, -0.2) is 54.7 Å². The highest BCUT2D eigenvalue weighted by Crippen LogP contribution is 2.22. The van der Waals surface area contributed by atoms with Crippen LogP contribution in [0.15, 0.2) is 54.6 Å². The number of nitrogens with zero attached hydrogens (tertiary/aromatic N) is 2. The molecule has 0 saturated heterocycles. The van der Waals surface area contributed by atoms with Gasteiger partial charge in [0.2, 0.25) is 5.91 Å². The SMILES string of the molecule is CN(C)[C@@H](CNC(=O)CCN1C(=O)c2ccccc2C1=O)c1ccccc1. The lowest BCUT2D eigenvalue weighted by molar-refractivity contribution is -0.121. The fourth-order valence-corrected chi connectivity index (χ4v) is 3.23. The maximum absolute atomic E-state index is 12.3. The Morgan fingerprint density at radius 2 is 1.52 bits per heavy atom. The minimum Gasteiger partial charge on any atom is -0.354 e.